The first-order valence-corrected chi connectivity index (χ1v) is 8.08. The van der Waals surface area contributed by atoms with E-state index in [2.05, 4.69) is 34.5 Å². The summed E-state index contributed by atoms with van der Waals surface area (Å²) in [6.45, 7) is 5.88. The van der Waals surface area contributed by atoms with Crippen LogP contribution in [-0.4, -0.2) is 49.8 Å². The lowest BCUT2D eigenvalue weighted by Gasteiger charge is -2.26. The van der Waals surface area contributed by atoms with Crippen LogP contribution < -0.4 is 5.32 Å². The zero-order chi connectivity index (χ0) is 15.2. The van der Waals surface area contributed by atoms with Crippen LogP contribution in [0.1, 0.15) is 24.0 Å². The van der Waals surface area contributed by atoms with Gasteiger partial charge in [-0.2, -0.15) is 0 Å². The number of rotatable bonds is 5. The Kier molecular flexibility index (Phi) is 5.43. The Labute approximate surface area is 131 Å². The smallest absolute Gasteiger partial charge is 0.249 e. The van der Waals surface area contributed by atoms with Crippen LogP contribution in [0.2, 0.25) is 0 Å². The maximum atomic E-state index is 11.9. The molecule has 1 aromatic carbocycles. The highest BCUT2D eigenvalue weighted by Crippen LogP contribution is 2.13. The Morgan fingerprint density at radius 2 is 1.86 bits per heavy atom. The molecule has 1 amide bonds. The van der Waals surface area contributed by atoms with Gasteiger partial charge in [-0.1, -0.05) is 24.3 Å². The number of ether oxygens (including phenoxy) is 2. The van der Waals surface area contributed by atoms with E-state index in [1.807, 2.05) is 0 Å². The number of nitrogens with zero attached hydrogens (tertiary/aromatic N) is 1. The third-order valence-electron chi connectivity index (χ3n) is 4.22. The van der Waals surface area contributed by atoms with Crippen LogP contribution in [0.5, 0.6) is 0 Å². The van der Waals surface area contributed by atoms with Crippen molar-refractivity contribution >= 4 is 5.91 Å². The standard InChI is InChI=1S/C17H24N2O3/c20-17(16-2-1-9-22-16)18-12-14-3-5-15(6-4-14)13-19-7-10-21-11-8-19/h3-6,16H,1-2,7-13H2,(H,18,20). The normalized spacial score (nSPS) is 22.6. The highest BCUT2D eigenvalue weighted by Gasteiger charge is 2.22. The van der Waals surface area contributed by atoms with E-state index < -0.39 is 0 Å². The van der Waals surface area contributed by atoms with Gasteiger partial charge in [-0.25, -0.2) is 0 Å². The molecule has 0 saturated carbocycles. The molecule has 1 unspecified atom stereocenters. The largest absolute Gasteiger partial charge is 0.379 e. The van der Waals surface area contributed by atoms with E-state index in [1.165, 1.54) is 5.56 Å². The molecule has 1 atom stereocenters. The van der Waals surface area contributed by atoms with Crippen molar-refractivity contribution < 1.29 is 14.3 Å². The van der Waals surface area contributed by atoms with Crippen LogP contribution in [0.4, 0.5) is 0 Å². The third kappa shape index (κ3) is 4.29. The maximum Gasteiger partial charge on any atom is 0.249 e. The van der Waals surface area contributed by atoms with Crippen molar-refractivity contribution in [2.24, 2.45) is 0 Å². The van der Waals surface area contributed by atoms with Gasteiger partial charge in [-0.05, 0) is 24.0 Å². The van der Waals surface area contributed by atoms with Crippen molar-refractivity contribution in [1.29, 1.82) is 0 Å². The van der Waals surface area contributed by atoms with Crippen LogP contribution in [0.15, 0.2) is 24.3 Å². The molecule has 0 bridgehead atoms. The molecule has 0 spiro atoms. The van der Waals surface area contributed by atoms with E-state index in [9.17, 15) is 4.79 Å². The second-order valence-electron chi connectivity index (χ2n) is 5.92. The molecule has 0 aromatic heterocycles. The highest BCUT2D eigenvalue weighted by molar-refractivity contribution is 5.80. The summed E-state index contributed by atoms with van der Waals surface area (Å²) in [4.78, 5) is 14.3. The maximum absolute atomic E-state index is 11.9. The van der Waals surface area contributed by atoms with Gasteiger partial charge in [0.2, 0.25) is 5.91 Å². The number of hydrogen-bond donors (Lipinski definition) is 1. The van der Waals surface area contributed by atoms with E-state index in [0.717, 1.165) is 51.3 Å². The zero-order valence-corrected chi connectivity index (χ0v) is 12.9. The van der Waals surface area contributed by atoms with Crippen LogP contribution in [-0.2, 0) is 27.4 Å². The molecule has 2 fully saturated rings. The van der Waals surface area contributed by atoms with Gasteiger partial charge in [0.1, 0.15) is 6.10 Å². The molecule has 0 radical (unpaired) electrons. The van der Waals surface area contributed by atoms with Gasteiger partial charge in [0.15, 0.2) is 0 Å². The Hall–Kier alpha value is -1.43. The van der Waals surface area contributed by atoms with Crippen molar-refractivity contribution in [3.8, 4) is 0 Å². The molecule has 120 valence electrons. The van der Waals surface area contributed by atoms with Crippen molar-refractivity contribution in [3.63, 3.8) is 0 Å². The quantitative estimate of drug-likeness (QED) is 0.891. The summed E-state index contributed by atoms with van der Waals surface area (Å²) in [5.41, 5.74) is 2.42. The number of benzene rings is 1. The summed E-state index contributed by atoms with van der Waals surface area (Å²) in [5, 5.41) is 2.95. The molecular weight excluding hydrogens is 280 g/mol. The van der Waals surface area contributed by atoms with Crippen LogP contribution >= 0.6 is 0 Å². The summed E-state index contributed by atoms with van der Waals surface area (Å²) < 4.78 is 10.7. The number of carbonyl (C=O) groups excluding carboxylic acids is 1. The number of morpholine rings is 1. The predicted molar refractivity (Wildman–Crippen MR) is 83.4 cm³/mol. The van der Waals surface area contributed by atoms with Gasteiger partial charge in [-0.15, -0.1) is 0 Å². The molecule has 5 nitrogen and oxygen atoms in total. The lowest BCUT2D eigenvalue weighted by molar-refractivity contribution is -0.130. The van der Waals surface area contributed by atoms with Crippen LogP contribution in [0, 0.1) is 0 Å². The Balaban J connectivity index is 1.45. The van der Waals surface area contributed by atoms with E-state index in [4.69, 9.17) is 9.47 Å². The Morgan fingerprint density at radius 1 is 1.14 bits per heavy atom. The van der Waals surface area contributed by atoms with Crippen LogP contribution in [0.3, 0.4) is 0 Å². The average Bonchev–Trinajstić information content (AvgIpc) is 3.09. The molecular formula is C17H24N2O3. The minimum Gasteiger partial charge on any atom is -0.379 e. The van der Waals surface area contributed by atoms with Gasteiger partial charge in [0.05, 0.1) is 13.2 Å². The van der Waals surface area contributed by atoms with Crippen molar-refractivity contribution in [2.45, 2.75) is 32.0 Å². The highest BCUT2D eigenvalue weighted by atomic mass is 16.5. The molecule has 22 heavy (non-hydrogen) atoms. The Morgan fingerprint density at radius 3 is 2.55 bits per heavy atom. The summed E-state index contributed by atoms with van der Waals surface area (Å²) >= 11 is 0. The number of nitrogens with one attached hydrogen (secondary N) is 1. The first kappa shape index (κ1) is 15.5. The van der Waals surface area contributed by atoms with E-state index in [-0.39, 0.29) is 12.0 Å². The van der Waals surface area contributed by atoms with Crippen molar-refractivity contribution in [2.75, 3.05) is 32.9 Å². The second kappa shape index (κ2) is 7.72. The topological polar surface area (TPSA) is 50.8 Å². The van der Waals surface area contributed by atoms with Crippen molar-refractivity contribution in [1.82, 2.24) is 10.2 Å². The molecule has 0 aliphatic carbocycles. The summed E-state index contributed by atoms with van der Waals surface area (Å²) in [6.07, 6.45) is 1.57. The van der Waals surface area contributed by atoms with E-state index >= 15 is 0 Å². The Bertz CT molecular complexity index is 477. The van der Waals surface area contributed by atoms with Crippen molar-refractivity contribution in [3.05, 3.63) is 35.4 Å². The first-order chi connectivity index (χ1) is 10.8. The third-order valence-corrected chi connectivity index (χ3v) is 4.22. The van der Waals surface area contributed by atoms with Gasteiger partial charge < -0.3 is 14.8 Å². The molecule has 2 aliphatic rings. The van der Waals surface area contributed by atoms with Gasteiger partial charge in [0, 0.05) is 32.8 Å². The SMILES string of the molecule is O=C(NCc1ccc(CN2CCOCC2)cc1)C1CCCO1. The summed E-state index contributed by atoms with van der Waals surface area (Å²) in [6, 6.07) is 8.46. The fourth-order valence-electron chi connectivity index (χ4n) is 2.87. The van der Waals surface area contributed by atoms with Gasteiger partial charge >= 0.3 is 0 Å². The minimum atomic E-state index is -0.249. The fraction of sp³-hybridized carbons (Fsp3) is 0.588. The molecule has 1 N–H and O–H groups in total. The van der Waals surface area contributed by atoms with Crippen LogP contribution in [0.25, 0.3) is 0 Å². The number of carbonyl (C=O) groups is 1. The first-order valence-electron chi connectivity index (χ1n) is 8.08. The van der Waals surface area contributed by atoms with Gasteiger partial charge in [0.25, 0.3) is 0 Å². The van der Waals surface area contributed by atoms with E-state index in [0.29, 0.717) is 13.2 Å². The monoisotopic (exact) mass is 304 g/mol. The lowest BCUT2D eigenvalue weighted by Crippen LogP contribution is -2.35. The van der Waals surface area contributed by atoms with Gasteiger partial charge in [-0.3, -0.25) is 9.69 Å². The summed E-state index contributed by atoms with van der Waals surface area (Å²) in [7, 11) is 0. The number of amides is 1. The molecule has 2 heterocycles. The minimum absolute atomic E-state index is 0.00916. The fourth-order valence-corrected chi connectivity index (χ4v) is 2.87. The second-order valence-corrected chi connectivity index (χ2v) is 5.92. The average molecular weight is 304 g/mol. The molecule has 1 aromatic rings. The molecule has 2 aliphatic heterocycles. The zero-order valence-electron chi connectivity index (χ0n) is 12.9. The molecule has 2 saturated heterocycles. The molecule has 5 heteroatoms. The predicted octanol–water partition coefficient (Wildman–Crippen LogP) is 1.31. The van der Waals surface area contributed by atoms with E-state index in [1.54, 1.807) is 0 Å². The molecule has 3 rings (SSSR count). The summed E-state index contributed by atoms with van der Waals surface area (Å²) in [5.74, 6) is 0.00916. The lowest BCUT2D eigenvalue weighted by atomic mass is 10.1. The number of hydrogen-bond acceptors (Lipinski definition) is 4.